The van der Waals surface area contributed by atoms with Gasteiger partial charge in [-0.3, -0.25) is 4.79 Å². The van der Waals surface area contributed by atoms with Crippen molar-refractivity contribution in [2.24, 2.45) is 5.73 Å². The molecule has 22 heavy (non-hydrogen) atoms. The van der Waals surface area contributed by atoms with Gasteiger partial charge >= 0.3 is 0 Å². The summed E-state index contributed by atoms with van der Waals surface area (Å²) >= 11 is 4.81. The van der Waals surface area contributed by atoms with E-state index in [-0.39, 0.29) is 12.1 Å². The van der Waals surface area contributed by atoms with E-state index in [9.17, 15) is 4.79 Å². The van der Waals surface area contributed by atoms with E-state index >= 15 is 0 Å². The normalized spacial score (nSPS) is 10.8. The minimum absolute atomic E-state index is 0.113. The van der Waals surface area contributed by atoms with Crippen molar-refractivity contribution < 1.29 is 0 Å². The second-order valence-corrected chi connectivity index (χ2v) is 5.74. The van der Waals surface area contributed by atoms with Gasteiger partial charge in [-0.1, -0.05) is 36.5 Å². The van der Waals surface area contributed by atoms with Gasteiger partial charge in [-0.25, -0.2) is 0 Å². The van der Waals surface area contributed by atoms with Gasteiger partial charge in [0.1, 0.15) is 0 Å². The lowest BCUT2D eigenvalue weighted by Crippen LogP contribution is -2.25. The fraction of sp³-hybridized carbons (Fsp3) is 0.176. The molecule has 1 heterocycles. The van der Waals surface area contributed by atoms with Gasteiger partial charge in [0.05, 0.1) is 11.5 Å². The van der Waals surface area contributed by atoms with Gasteiger partial charge in [-0.15, -0.1) is 0 Å². The number of rotatable bonds is 5. The Hall–Kier alpha value is -2.40. The molecule has 0 bridgehead atoms. The molecule has 0 aliphatic rings. The highest BCUT2D eigenvalue weighted by Crippen LogP contribution is 2.14. The summed E-state index contributed by atoms with van der Waals surface area (Å²) in [4.78, 5) is 14.3. The molecule has 0 saturated carbocycles. The van der Waals surface area contributed by atoms with Crippen molar-refractivity contribution in [1.82, 2.24) is 4.57 Å². The zero-order valence-corrected chi connectivity index (χ0v) is 13.5. The highest BCUT2D eigenvalue weighted by atomic mass is 32.1. The molecule has 0 spiro atoms. The Labute approximate surface area is 135 Å². The summed E-state index contributed by atoms with van der Waals surface area (Å²) in [6.45, 7) is 0.268. The predicted octanol–water partition coefficient (Wildman–Crippen LogP) is 2.37. The molecule has 0 aliphatic carbocycles. The summed E-state index contributed by atoms with van der Waals surface area (Å²) in [5.74, 6) is 0. The number of nitrogens with zero attached hydrogens (tertiary/aromatic N) is 2. The standard InChI is InChI=1S/C17H19N3OS/c1-19(2)15-7-5-13(6-8-15)3-4-14-9-10-20(12-16(18)22)17(21)11-14/h3-11H,12H2,1-2H3,(H2,18,22)/b4-3+. The number of benzene rings is 1. The molecular formula is C17H19N3OS. The zero-order valence-electron chi connectivity index (χ0n) is 12.7. The zero-order chi connectivity index (χ0) is 16.1. The third kappa shape index (κ3) is 4.30. The Balaban J connectivity index is 2.14. The third-order valence-corrected chi connectivity index (χ3v) is 3.35. The minimum atomic E-state index is -0.113. The van der Waals surface area contributed by atoms with Crippen molar-refractivity contribution in [2.45, 2.75) is 6.54 Å². The molecule has 0 unspecified atom stereocenters. The number of nitrogens with two attached hydrogens (primary N) is 1. The van der Waals surface area contributed by atoms with Crippen molar-refractivity contribution in [2.75, 3.05) is 19.0 Å². The average molecular weight is 313 g/mol. The lowest BCUT2D eigenvalue weighted by Gasteiger charge is -2.11. The topological polar surface area (TPSA) is 51.3 Å². The second-order valence-electron chi connectivity index (χ2n) is 5.21. The molecule has 114 valence electrons. The van der Waals surface area contributed by atoms with Crippen LogP contribution < -0.4 is 16.2 Å². The van der Waals surface area contributed by atoms with Crippen LogP contribution >= 0.6 is 12.2 Å². The summed E-state index contributed by atoms with van der Waals surface area (Å²) in [6.07, 6.45) is 5.60. The summed E-state index contributed by atoms with van der Waals surface area (Å²) in [7, 11) is 4.01. The molecular weight excluding hydrogens is 294 g/mol. The molecule has 0 radical (unpaired) electrons. The summed E-state index contributed by atoms with van der Waals surface area (Å²) < 4.78 is 1.49. The molecule has 4 nitrogen and oxygen atoms in total. The first kappa shape index (κ1) is 16.0. The molecule has 0 fully saturated rings. The van der Waals surface area contributed by atoms with Gasteiger partial charge in [0.25, 0.3) is 5.56 Å². The van der Waals surface area contributed by atoms with E-state index < -0.39 is 0 Å². The maximum atomic E-state index is 11.9. The van der Waals surface area contributed by atoms with Crippen LogP contribution in [0.3, 0.4) is 0 Å². The van der Waals surface area contributed by atoms with Crippen molar-refractivity contribution in [3.63, 3.8) is 0 Å². The molecule has 2 rings (SSSR count). The quantitative estimate of drug-likeness (QED) is 0.861. The van der Waals surface area contributed by atoms with E-state index in [4.69, 9.17) is 18.0 Å². The first-order chi connectivity index (χ1) is 10.5. The number of anilines is 1. The van der Waals surface area contributed by atoms with E-state index in [0.29, 0.717) is 4.99 Å². The summed E-state index contributed by atoms with van der Waals surface area (Å²) in [5.41, 5.74) is 8.42. The Morgan fingerprint density at radius 2 is 1.82 bits per heavy atom. The lowest BCUT2D eigenvalue weighted by molar-refractivity contribution is 0.807. The van der Waals surface area contributed by atoms with E-state index in [1.165, 1.54) is 4.57 Å². The number of pyridine rings is 1. The van der Waals surface area contributed by atoms with Crippen LogP contribution in [0.15, 0.2) is 47.4 Å². The van der Waals surface area contributed by atoms with Gasteiger partial charge in [0.15, 0.2) is 0 Å². The molecule has 0 amide bonds. The van der Waals surface area contributed by atoms with Crippen LogP contribution in [0.1, 0.15) is 11.1 Å². The van der Waals surface area contributed by atoms with Gasteiger partial charge in [0.2, 0.25) is 0 Å². The Kier molecular flexibility index (Phi) is 5.12. The number of aromatic nitrogens is 1. The molecule has 5 heteroatoms. The van der Waals surface area contributed by atoms with E-state index in [1.807, 2.05) is 44.4 Å². The monoisotopic (exact) mass is 313 g/mol. The van der Waals surface area contributed by atoms with Crippen molar-refractivity contribution in [3.8, 4) is 0 Å². The summed E-state index contributed by atoms with van der Waals surface area (Å²) in [6, 6.07) is 11.6. The van der Waals surface area contributed by atoms with Crippen molar-refractivity contribution in [1.29, 1.82) is 0 Å². The highest BCUT2D eigenvalue weighted by molar-refractivity contribution is 7.80. The van der Waals surface area contributed by atoms with E-state index in [0.717, 1.165) is 16.8 Å². The smallest absolute Gasteiger partial charge is 0.251 e. The van der Waals surface area contributed by atoms with Crippen LogP contribution in [-0.4, -0.2) is 23.7 Å². The fourth-order valence-electron chi connectivity index (χ4n) is 2.00. The third-order valence-electron chi connectivity index (χ3n) is 3.22. The molecule has 1 aromatic carbocycles. The van der Waals surface area contributed by atoms with Crippen LogP contribution in [0.25, 0.3) is 12.2 Å². The lowest BCUT2D eigenvalue weighted by atomic mass is 10.1. The van der Waals surface area contributed by atoms with Gasteiger partial charge in [-0.2, -0.15) is 0 Å². The number of hydrogen-bond donors (Lipinski definition) is 1. The largest absolute Gasteiger partial charge is 0.392 e. The molecule has 0 saturated heterocycles. The minimum Gasteiger partial charge on any atom is -0.392 e. The van der Waals surface area contributed by atoms with Gasteiger partial charge in [0, 0.05) is 32.0 Å². The maximum absolute atomic E-state index is 11.9. The van der Waals surface area contributed by atoms with Crippen LogP contribution in [0.2, 0.25) is 0 Å². The average Bonchev–Trinajstić information content (AvgIpc) is 2.47. The first-order valence-corrected chi connectivity index (χ1v) is 7.31. The second kappa shape index (κ2) is 7.04. The maximum Gasteiger partial charge on any atom is 0.251 e. The Bertz CT molecular complexity index is 745. The van der Waals surface area contributed by atoms with Crippen LogP contribution in [0.5, 0.6) is 0 Å². The fourth-order valence-corrected chi connectivity index (χ4v) is 2.14. The van der Waals surface area contributed by atoms with Crippen molar-refractivity contribution in [3.05, 3.63) is 64.1 Å². The van der Waals surface area contributed by atoms with E-state index in [2.05, 4.69) is 17.0 Å². The highest BCUT2D eigenvalue weighted by Gasteiger charge is 1.98. The SMILES string of the molecule is CN(C)c1ccc(/C=C/c2ccn(CC(N)=S)c(=O)c2)cc1. The predicted molar refractivity (Wildman–Crippen MR) is 97.2 cm³/mol. The van der Waals surface area contributed by atoms with E-state index in [1.54, 1.807) is 12.3 Å². The molecule has 2 aromatic rings. The van der Waals surface area contributed by atoms with Gasteiger partial charge in [-0.05, 0) is 29.3 Å². The number of hydrogen-bond acceptors (Lipinski definition) is 3. The molecule has 1 aromatic heterocycles. The molecule has 2 N–H and O–H groups in total. The number of thiocarbonyl (C=S) groups is 1. The molecule has 0 atom stereocenters. The summed E-state index contributed by atoms with van der Waals surface area (Å²) in [5, 5.41) is 0. The van der Waals surface area contributed by atoms with Crippen LogP contribution in [0, 0.1) is 0 Å². The van der Waals surface area contributed by atoms with Gasteiger partial charge < -0.3 is 15.2 Å². The first-order valence-electron chi connectivity index (χ1n) is 6.90. The Morgan fingerprint density at radius 3 is 2.36 bits per heavy atom. The van der Waals surface area contributed by atoms with Crippen LogP contribution in [0.4, 0.5) is 5.69 Å². The van der Waals surface area contributed by atoms with Crippen molar-refractivity contribution >= 4 is 35.0 Å². The molecule has 0 aliphatic heterocycles. The Morgan fingerprint density at radius 1 is 1.18 bits per heavy atom. The van der Waals surface area contributed by atoms with Crippen LogP contribution in [-0.2, 0) is 6.54 Å².